The van der Waals surface area contributed by atoms with Crippen molar-refractivity contribution in [1.29, 1.82) is 0 Å². The Balaban J connectivity index is 2.57. The first-order valence-corrected chi connectivity index (χ1v) is 6.50. The van der Waals surface area contributed by atoms with Crippen molar-refractivity contribution < 1.29 is 17.5 Å². The second kappa shape index (κ2) is 5.23. The Morgan fingerprint density at radius 3 is 2.40 bits per heavy atom. The monoisotopic (exact) mass is 229 g/mol. The molecule has 0 spiro atoms. The largest absolute Gasteiger partial charge is 0.748 e. The molecule has 1 aromatic heterocycles. The van der Waals surface area contributed by atoms with Gasteiger partial charge in [0.25, 0.3) is 0 Å². The van der Waals surface area contributed by atoms with E-state index in [0.29, 0.717) is 6.42 Å². The first-order chi connectivity index (χ1) is 7.01. The van der Waals surface area contributed by atoms with Gasteiger partial charge >= 0.3 is 0 Å². The Labute approximate surface area is 90.3 Å². The maximum absolute atomic E-state index is 10.4. The standard InChI is InChI=1S/C10H15NO3S/c1-2-6-11-7-3-10(4-8-11)5-9-15(12,13)14/h3-4,7-8H,2,5-6,9H2,1H3. The normalized spacial score (nSPS) is 11.6. The quantitative estimate of drug-likeness (QED) is 0.544. The number of aryl methyl sites for hydroxylation is 2. The van der Waals surface area contributed by atoms with Crippen molar-refractivity contribution in [3.8, 4) is 0 Å². The average Bonchev–Trinajstić information content (AvgIpc) is 2.16. The van der Waals surface area contributed by atoms with Gasteiger partial charge in [0.05, 0.1) is 10.1 Å². The van der Waals surface area contributed by atoms with E-state index in [4.69, 9.17) is 0 Å². The van der Waals surface area contributed by atoms with Crippen LogP contribution >= 0.6 is 0 Å². The van der Waals surface area contributed by atoms with Crippen molar-refractivity contribution in [2.75, 3.05) is 5.75 Å². The molecule has 4 nitrogen and oxygen atoms in total. The first-order valence-electron chi connectivity index (χ1n) is 4.93. The zero-order chi connectivity index (χ0) is 11.3. The number of pyridine rings is 1. The summed E-state index contributed by atoms with van der Waals surface area (Å²) in [6.07, 6.45) is 5.14. The highest BCUT2D eigenvalue weighted by atomic mass is 32.2. The SMILES string of the molecule is CCC[n+]1ccc(CCS(=O)(=O)[O-])cc1. The van der Waals surface area contributed by atoms with Crippen LogP contribution in [0.25, 0.3) is 0 Å². The highest BCUT2D eigenvalue weighted by Gasteiger charge is 2.01. The molecule has 0 saturated carbocycles. The molecule has 0 aromatic carbocycles. The second-order valence-corrected chi connectivity index (χ2v) is 4.98. The Morgan fingerprint density at radius 2 is 1.93 bits per heavy atom. The van der Waals surface area contributed by atoms with Gasteiger partial charge in [-0.15, -0.1) is 0 Å². The van der Waals surface area contributed by atoms with Gasteiger partial charge in [0.2, 0.25) is 0 Å². The van der Waals surface area contributed by atoms with Crippen LogP contribution in [-0.4, -0.2) is 18.7 Å². The summed E-state index contributed by atoms with van der Waals surface area (Å²) in [5, 5.41) is 0. The van der Waals surface area contributed by atoms with E-state index in [-0.39, 0.29) is 5.75 Å². The van der Waals surface area contributed by atoms with E-state index in [0.717, 1.165) is 18.5 Å². The topological polar surface area (TPSA) is 61.1 Å². The molecule has 84 valence electrons. The number of hydrogen-bond acceptors (Lipinski definition) is 3. The van der Waals surface area contributed by atoms with Crippen molar-refractivity contribution in [2.24, 2.45) is 0 Å². The third-order valence-corrected chi connectivity index (χ3v) is 2.79. The highest BCUT2D eigenvalue weighted by molar-refractivity contribution is 7.85. The van der Waals surface area contributed by atoms with Crippen LogP contribution in [0.1, 0.15) is 18.9 Å². The minimum atomic E-state index is -4.10. The Morgan fingerprint density at radius 1 is 1.33 bits per heavy atom. The van der Waals surface area contributed by atoms with Gasteiger partial charge in [-0.25, -0.2) is 13.0 Å². The summed E-state index contributed by atoms with van der Waals surface area (Å²) in [6.45, 7) is 3.03. The molecule has 0 aliphatic heterocycles. The van der Waals surface area contributed by atoms with Gasteiger partial charge in [0, 0.05) is 24.3 Å². The van der Waals surface area contributed by atoms with Crippen molar-refractivity contribution in [3.05, 3.63) is 30.1 Å². The van der Waals surface area contributed by atoms with Gasteiger partial charge in [0.15, 0.2) is 12.4 Å². The first kappa shape index (κ1) is 12.1. The number of aromatic nitrogens is 1. The molecule has 0 N–H and O–H groups in total. The average molecular weight is 229 g/mol. The van der Waals surface area contributed by atoms with Gasteiger partial charge in [-0.3, -0.25) is 0 Å². The fourth-order valence-electron chi connectivity index (χ4n) is 1.30. The summed E-state index contributed by atoms with van der Waals surface area (Å²) in [5.41, 5.74) is 0.877. The van der Waals surface area contributed by atoms with Crippen molar-refractivity contribution in [2.45, 2.75) is 26.3 Å². The lowest BCUT2D eigenvalue weighted by Gasteiger charge is -2.05. The molecule has 0 aliphatic carbocycles. The van der Waals surface area contributed by atoms with Crippen LogP contribution in [0, 0.1) is 0 Å². The molecule has 0 aliphatic rings. The molecule has 0 unspecified atom stereocenters. The van der Waals surface area contributed by atoms with Crippen molar-refractivity contribution >= 4 is 10.1 Å². The molecule has 0 bridgehead atoms. The van der Waals surface area contributed by atoms with Crippen LogP contribution in [0.4, 0.5) is 0 Å². The van der Waals surface area contributed by atoms with Crippen molar-refractivity contribution in [1.82, 2.24) is 0 Å². The van der Waals surface area contributed by atoms with Crippen LogP contribution in [0.2, 0.25) is 0 Å². The van der Waals surface area contributed by atoms with Gasteiger partial charge < -0.3 is 4.55 Å². The molecule has 15 heavy (non-hydrogen) atoms. The van der Waals surface area contributed by atoms with Crippen LogP contribution in [0.15, 0.2) is 24.5 Å². The Kier molecular flexibility index (Phi) is 4.23. The van der Waals surface area contributed by atoms with E-state index in [1.54, 1.807) is 0 Å². The summed E-state index contributed by atoms with van der Waals surface area (Å²) in [4.78, 5) is 0. The summed E-state index contributed by atoms with van der Waals surface area (Å²) >= 11 is 0. The van der Waals surface area contributed by atoms with E-state index < -0.39 is 10.1 Å². The zero-order valence-electron chi connectivity index (χ0n) is 8.72. The maximum Gasteiger partial charge on any atom is 0.169 e. The van der Waals surface area contributed by atoms with E-state index in [9.17, 15) is 13.0 Å². The number of nitrogens with zero attached hydrogens (tertiary/aromatic N) is 1. The molecule has 1 heterocycles. The number of hydrogen-bond donors (Lipinski definition) is 0. The van der Waals surface area contributed by atoms with E-state index in [1.807, 2.05) is 29.1 Å². The molecule has 0 atom stereocenters. The molecule has 1 aromatic rings. The van der Waals surface area contributed by atoms with Crippen LogP contribution in [-0.2, 0) is 23.1 Å². The molecular weight excluding hydrogens is 214 g/mol. The fraction of sp³-hybridized carbons (Fsp3) is 0.500. The Bertz CT molecular complexity index is 397. The molecule has 0 saturated heterocycles. The van der Waals surface area contributed by atoms with Gasteiger partial charge in [-0.2, -0.15) is 0 Å². The number of rotatable bonds is 5. The molecule has 0 fully saturated rings. The summed E-state index contributed by atoms with van der Waals surface area (Å²) in [7, 11) is -4.10. The molecule has 5 heteroatoms. The molecule has 1 rings (SSSR count). The lowest BCUT2D eigenvalue weighted by Crippen LogP contribution is -2.32. The van der Waals surface area contributed by atoms with E-state index in [2.05, 4.69) is 6.92 Å². The lowest BCUT2D eigenvalue weighted by atomic mass is 10.2. The summed E-state index contributed by atoms with van der Waals surface area (Å²) < 4.78 is 33.3. The Hall–Kier alpha value is -0.940. The molecule has 0 radical (unpaired) electrons. The minimum Gasteiger partial charge on any atom is -0.748 e. The fourth-order valence-corrected chi connectivity index (χ4v) is 1.79. The maximum atomic E-state index is 10.4. The predicted molar refractivity (Wildman–Crippen MR) is 55.2 cm³/mol. The minimum absolute atomic E-state index is 0.290. The molecular formula is C10H15NO3S. The summed E-state index contributed by atoms with van der Waals surface area (Å²) in [6, 6.07) is 3.70. The third-order valence-electron chi connectivity index (χ3n) is 2.08. The lowest BCUT2D eigenvalue weighted by molar-refractivity contribution is -0.697. The van der Waals surface area contributed by atoms with Crippen LogP contribution in [0.3, 0.4) is 0 Å². The van der Waals surface area contributed by atoms with Crippen LogP contribution in [0.5, 0.6) is 0 Å². The van der Waals surface area contributed by atoms with Gasteiger partial charge in [-0.05, 0) is 12.0 Å². The zero-order valence-corrected chi connectivity index (χ0v) is 9.53. The van der Waals surface area contributed by atoms with E-state index >= 15 is 0 Å². The van der Waals surface area contributed by atoms with Gasteiger partial charge in [-0.1, -0.05) is 6.92 Å². The summed E-state index contributed by atoms with van der Waals surface area (Å²) in [5.74, 6) is -0.329. The smallest absolute Gasteiger partial charge is 0.169 e. The predicted octanol–water partition coefficient (Wildman–Crippen LogP) is 0.472. The van der Waals surface area contributed by atoms with Gasteiger partial charge in [0.1, 0.15) is 6.54 Å². The second-order valence-electron chi connectivity index (χ2n) is 3.46. The van der Waals surface area contributed by atoms with Crippen molar-refractivity contribution in [3.63, 3.8) is 0 Å². The highest BCUT2D eigenvalue weighted by Crippen LogP contribution is 1.99. The molecule has 0 amide bonds. The third kappa shape index (κ3) is 4.90. The van der Waals surface area contributed by atoms with Crippen LogP contribution < -0.4 is 4.57 Å². The van der Waals surface area contributed by atoms with E-state index in [1.165, 1.54) is 0 Å².